The van der Waals surface area contributed by atoms with Crippen molar-refractivity contribution in [2.24, 2.45) is 0 Å². The fraction of sp³-hybridized carbons (Fsp3) is 0.118. The normalized spacial score (nSPS) is 13.2. The number of halogens is 1. The largest absolute Gasteiger partial charge is 0.506 e. The number of aromatic hydroxyl groups is 1. The van der Waals surface area contributed by atoms with Crippen molar-refractivity contribution in [3.05, 3.63) is 58.1 Å². The van der Waals surface area contributed by atoms with Crippen LogP contribution in [0.2, 0.25) is 5.02 Å². The Morgan fingerprint density at radius 3 is 2.54 bits per heavy atom. The van der Waals surface area contributed by atoms with Crippen molar-refractivity contribution in [2.75, 3.05) is 11.9 Å². The van der Waals surface area contributed by atoms with Gasteiger partial charge in [-0.3, -0.25) is 19.3 Å². The first-order valence-corrected chi connectivity index (χ1v) is 7.60. The molecule has 6 nitrogen and oxygen atoms in total. The van der Waals surface area contributed by atoms with Crippen molar-refractivity contribution in [1.82, 2.24) is 4.90 Å². The average molecular weight is 345 g/mol. The summed E-state index contributed by atoms with van der Waals surface area (Å²) in [7, 11) is 0. The highest BCUT2D eigenvalue weighted by atomic mass is 35.5. The van der Waals surface area contributed by atoms with E-state index in [1.807, 2.05) is 0 Å². The molecule has 0 atom stereocenters. The van der Waals surface area contributed by atoms with E-state index in [0.717, 1.165) is 4.90 Å². The molecule has 0 aliphatic carbocycles. The number of nitrogens with zero attached hydrogens (tertiary/aromatic N) is 1. The van der Waals surface area contributed by atoms with Crippen LogP contribution in [0.1, 0.15) is 38.0 Å². The summed E-state index contributed by atoms with van der Waals surface area (Å²) in [6.45, 7) is 1.97. The van der Waals surface area contributed by atoms with Crippen LogP contribution in [0.25, 0.3) is 0 Å². The van der Waals surface area contributed by atoms with E-state index < -0.39 is 11.8 Å². The van der Waals surface area contributed by atoms with Crippen LogP contribution in [0.4, 0.5) is 5.69 Å². The third kappa shape index (κ3) is 2.61. The number of fused-ring (bicyclic) bond motifs is 1. The second-order valence-corrected chi connectivity index (χ2v) is 5.67. The van der Waals surface area contributed by atoms with Crippen molar-refractivity contribution in [2.45, 2.75) is 6.92 Å². The van der Waals surface area contributed by atoms with E-state index in [2.05, 4.69) is 5.32 Å². The molecule has 122 valence electrons. The number of phenolic OH excluding ortho intramolecular Hbond substituents is 1. The molecule has 3 rings (SSSR count). The van der Waals surface area contributed by atoms with Gasteiger partial charge in [-0.2, -0.15) is 0 Å². The maximum Gasteiger partial charge on any atom is 0.261 e. The van der Waals surface area contributed by atoms with E-state index in [0.29, 0.717) is 5.02 Å². The average Bonchev–Trinajstić information content (AvgIpc) is 2.81. The highest BCUT2D eigenvalue weighted by Gasteiger charge is 2.34. The number of phenols is 1. The topological polar surface area (TPSA) is 86.7 Å². The van der Waals surface area contributed by atoms with E-state index in [4.69, 9.17) is 11.6 Å². The number of anilines is 1. The van der Waals surface area contributed by atoms with Crippen LogP contribution < -0.4 is 5.32 Å². The first kappa shape index (κ1) is 16.0. The number of amides is 3. The molecule has 0 radical (unpaired) electrons. The molecule has 0 saturated carbocycles. The molecular formula is C17H13ClN2O4. The Morgan fingerprint density at radius 1 is 1.12 bits per heavy atom. The van der Waals surface area contributed by atoms with E-state index in [9.17, 15) is 19.5 Å². The summed E-state index contributed by atoms with van der Waals surface area (Å²) in [5, 5.41) is 12.6. The highest BCUT2D eigenvalue weighted by molar-refractivity contribution is 6.31. The first-order chi connectivity index (χ1) is 11.4. The predicted octanol–water partition coefficient (Wildman–Crippen LogP) is 2.91. The molecule has 2 aromatic carbocycles. The first-order valence-electron chi connectivity index (χ1n) is 7.22. The fourth-order valence-corrected chi connectivity index (χ4v) is 2.69. The van der Waals surface area contributed by atoms with Crippen molar-refractivity contribution < 1.29 is 19.5 Å². The van der Waals surface area contributed by atoms with Crippen LogP contribution in [-0.4, -0.2) is 34.3 Å². The minimum atomic E-state index is -0.523. The number of imide groups is 1. The maximum atomic E-state index is 12.3. The monoisotopic (exact) mass is 344 g/mol. The van der Waals surface area contributed by atoms with Gasteiger partial charge in [0.15, 0.2) is 0 Å². The van der Waals surface area contributed by atoms with Crippen LogP contribution in [0.3, 0.4) is 0 Å². The number of hydrogen-bond donors (Lipinski definition) is 2. The van der Waals surface area contributed by atoms with Gasteiger partial charge in [0.1, 0.15) is 5.75 Å². The zero-order valence-electron chi connectivity index (χ0n) is 12.7. The lowest BCUT2D eigenvalue weighted by molar-refractivity contribution is 0.0662. The van der Waals surface area contributed by atoms with Gasteiger partial charge in [-0.15, -0.1) is 0 Å². The molecule has 0 saturated heterocycles. The van der Waals surface area contributed by atoms with E-state index in [1.54, 1.807) is 6.92 Å². The van der Waals surface area contributed by atoms with E-state index in [-0.39, 0.29) is 40.6 Å². The molecular weight excluding hydrogens is 332 g/mol. The summed E-state index contributed by atoms with van der Waals surface area (Å²) in [6.07, 6.45) is 0. The summed E-state index contributed by atoms with van der Waals surface area (Å²) < 4.78 is 0. The molecule has 3 amide bonds. The molecule has 24 heavy (non-hydrogen) atoms. The molecule has 1 aliphatic heterocycles. The molecule has 1 aliphatic rings. The van der Waals surface area contributed by atoms with Crippen LogP contribution >= 0.6 is 11.6 Å². The van der Waals surface area contributed by atoms with E-state index >= 15 is 0 Å². The quantitative estimate of drug-likeness (QED) is 0.662. The summed E-state index contributed by atoms with van der Waals surface area (Å²) in [6, 6.07) is 8.56. The molecule has 0 unspecified atom stereocenters. The van der Waals surface area contributed by atoms with Crippen molar-refractivity contribution in [1.29, 1.82) is 0 Å². The molecule has 0 spiro atoms. The third-order valence-corrected chi connectivity index (χ3v) is 3.99. The van der Waals surface area contributed by atoms with Gasteiger partial charge in [0, 0.05) is 17.1 Å². The maximum absolute atomic E-state index is 12.3. The molecule has 1 heterocycles. The zero-order valence-corrected chi connectivity index (χ0v) is 13.4. The Hall–Kier alpha value is -2.86. The summed E-state index contributed by atoms with van der Waals surface area (Å²) in [5.74, 6) is -1.43. The SMILES string of the molecule is CCN1C(=O)c2ccc(C(=O)Nc3cc(Cl)ccc3O)cc2C1=O. The number of rotatable bonds is 3. The van der Waals surface area contributed by atoms with Gasteiger partial charge in [0.2, 0.25) is 0 Å². The fourth-order valence-electron chi connectivity index (χ4n) is 2.52. The molecule has 7 heteroatoms. The van der Waals surface area contributed by atoms with Gasteiger partial charge in [-0.05, 0) is 43.3 Å². The lowest BCUT2D eigenvalue weighted by atomic mass is 10.1. The second kappa shape index (κ2) is 5.98. The Kier molecular flexibility index (Phi) is 3.99. The Morgan fingerprint density at radius 2 is 1.83 bits per heavy atom. The molecule has 2 N–H and O–H groups in total. The predicted molar refractivity (Wildman–Crippen MR) is 88.6 cm³/mol. The highest BCUT2D eigenvalue weighted by Crippen LogP contribution is 2.28. The standard InChI is InChI=1S/C17H13ClN2O4/c1-2-20-16(23)11-5-3-9(7-12(11)17(20)24)15(22)19-13-8-10(18)4-6-14(13)21/h3-8,21H,2H2,1H3,(H,19,22). The molecule has 0 bridgehead atoms. The minimum absolute atomic E-state index is 0.127. The van der Waals surface area contributed by atoms with Crippen LogP contribution in [-0.2, 0) is 0 Å². The summed E-state index contributed by atoms with van der Waals surface area (Å²) in [5.41, 5.74) is 0.839. The molecule has 2 aromatic rings. The van der Waals surface area contributed by atoms with Crippen molar-refractivity contribution >= 4 is 35.0 Å². The van der Waals surface area contributed by atoms with Gasteiger partial charge in [-0.1, -0.05) is 11.6 Å². The lowest BCUT2D eigenvalue weighted by Crippen LogP contribution is -2.29. The van der Waals surface area contributed by atoms with Gasteiger partial charge in [-0.25, -0.2) is 0 Å². The van der Waals surface area contributed by atoms with E-state index in [1.165, 1.54) is 36.4 Å². The Labute approximate surface area is 142 Å². The summed E-state index contributed by atoms with van der Waals surface area (Å²) in [4.78, 5) is 37.7. The van der Waals surface area contributed by atoms with Crippen LogP contribution in [0.5, 0.6) is 5.75 Å². The number of nitrogens with one attached hydrogen (secondary N) is 1. The lowest BCUT2D eigenvalue weighted by Gasteiger charge is -2.09. The Bertz CT molecular complexity index is 879. The number of carbonyl (C=O) groups is 3. The molecule has 0 fully saturated rings. The Balaban J connectivity index is 1.91. The molecule has 0 aromatic heterocycles. The number of benzene rings is 2. The second-order valence-electron chi connectivity index (χ2n) is 5.23. The van der Waals surface area contributed by atoms with Gasteiger partial charge < -0.3 is 10.4 Å². The van der Waals surface area contributed by atoms with Crippen LogP contribution in [0.15, 0.2) is 36.4 Å². The van der Waals surface area contributed by atoms with Gasteiger partial charge >= 0.3 is 0 Å². The number of hydrogen-bond acceptors (Lipinski definition) is 4. The zero-order chi connectivity index (χ0) is 17.4. The smallest absolute Gasteiger partial charge is 0.261 e. The minimum Gasteiger partial charge on any atom is -0.506 e. The number of carbonyl (C=O) groups excluding carboxylic acids is 3. The third-order valence-electron chi connectivity index (χ3n) is 3.76. The van der Waals surface area contributed by atoms with Crippen molar-refractivity contribution in [3.8, 4) is 5.75 Å². The van der Waals surface area contributed by atoms with Gasteiger partial charge in [0.05, 0.1) is 16.8 Å². The summed E-state index contributed by atoms with van der Waals surface area (Å²) >= 11 is 5.84. The van der Waals surface area contributed by atoms with Crippen molar-refractivity contribution in [3.63, 3.8) is 0 Å². The van der Waals surface area contributed by atoms with Gasteiger partial charge in [0.25, 0.3) is 17.7 Å². The van der Waals surface area contributed by atoms with Crippen LogP contribution in [0, 0.1) is 0 Å².